The summed E-state index contributed by atoms with van der Waals surface area (Å²) in [5.74, 6) is 1.86. The molecular weight excluding hydrogens is 353 g/mol. The molecule has 1 aromatic carbocycles. The van der Waals surface area contributed by atoms with Crippen molar-refractivity contribution in [3.63, 3.8) is 0 Å². The van der Waals surface area contributed by atoms with E-state index in [-0.39, 0.29) is 6.04 Å². The quantitative estimate of drug-likeness (QED) is 0.806. The monoisotopic (exact) mass is 371 g/mol. The maximum Gasteiger partial charge on any atom is 0.164 e. The Labute approximate surface area is 127 Å². The van der Waals surface area contributed by atoms with Gasteiger partial charge in [-0.15, -0.1) is 0 Å². The summed E-state index contributed by atoms with van der Waals surface area (Å²) in [6.45, 7) is 4.93. The van der Waals surface area contributed by atoms with Gasteiger partial charge in [0.2, 0.25) is 0 Å². The number of benzene rings is 1. The average molecular weight is 371 g/mol. The predicted octanol–water partition coefficient (Wildman–Crippen LogP) is 4.05. The van der Waals surface area contributed by atoms with Crippen LogP contribution in [0.25, 0.3) is 0 Å². The Morgan fingerprint density at radius 3 is 2.74 bits per heavy atom. The number of halogens is 1. The Morgan fingerprint density at radius 1 is 1.32 bits per heavy atom. The summed E-state index contributed by atoms with van der Waals surface area (Å²) in [6, 6.07) is 10.4. The molecule has 0 aliphatic rings. The summed E-state index contributed by atoms with van der Waals surface area (Å²) in [5.41, 5.74) is 2.40. The molecule has 19 heavy (non-hydrogen) atoms. The lowest BCUT2D eigenvalue weighted by atomic mass is 10.0. The third kappa shape index (κ3) is 3.73. The van der Waals surface area contributed by atoms with Crippen molar-refractivity contribution in [1.29, 1.82) is 0 Å². The van der Waals surface area contributed by atoms with E-state index in [9.17, 15) is 0 Å². The molecule has 4 heteroatoms. The minimum Gasteiger partial charge on any atom is -0.496 e. The van der Waals surface area contributed by atoms with Gasteiger partial charge in [0.1, 0.15) is 11.5 Å². The van der Waals surface area contributed by atoms with Gasteiger partial charge in [-0.05, 0) is 54.6 Å². The van der Waals surface area contributed by atoms with Crippen molar-refractivity contribution in [2.45, 2.75) is 26.4 Å². The molecule has 1 unspecified atom stereocenters. The van der Waals surface area contributed by atoms with Crippen LogP contribution in [0.3, 0.4) is 0 Å². The number of nitrogens with one attached hydrogen (secondary N) is 1. The molecule has 1 aromatic heterocycles. The van der Waals surface area contributed by atoms with Crippen LogP contribution in [0.1, 0.15) is 29.9 Å². The first-order valence-corrected chi connectivity index (χ1v) is 7.30. The van der Waals surface area contributed by atoms with E-state index >= 15 is 0 Å². The lowest BCUT2D eigenvalue weighted by molar-refractivity contribution is 0.396. The second-order valence-corrected chi connectivity index (χ2v) is 5.62. The minimum absolute atomic E-state index is 0.206. The Balaban J connectivity index is 2.06. The molecule has 0 aliphatic carbocycles. The summed E-state index contributed by atoms with van der Waals surface area (Å²) in [4.78, 5) is 0. The smallest absolute Gasteiger partial charge is 0.164 e. The molecule has 0 spiro atoms. The van der Waals surface area contributed by atoms with Crippen molar-refractivity contribution in [3.05, 3.63) is 51.0 Å². The van der Waals surface area contributed by atoms with E-state index in [0.717, 1.165) is 15.3 Å². The average Bonchev–Trinajstić information content (AvgIpc) is 2.81. The Morgan fingerprint density at radius 2 is 2.11 bits per heavy atom. The summed E-state index contributed by atoms with van der Waals surface area (Å²) >= 11 is 2.17. The molecule has 0 saturated heterocycles. The van der Waals surface area contributed by atoms with Crippen molar-refractivity contribution >= 4 is 22.6 Å². The molecule has 0 saturated carbocycles. The van der Waals surface area contributed by atoms with Crippen molar-refractivity contribution in [1.82, 2.24) is 5.32 Å². The molecule has 1 atom stereocenters. The van der Waals surface area contributed by atoms with Gasteiger partial charge in [-0.3, -0.25) is 0 Å². The van der Waals surface area contributed by atoms with Gasteiger partial charge in [-0.25, -0.2) is 0 Å². The highest BCUT2D eigenvalue weighted by molar-refractivity contribution is 14.1. The van der Waals surface area contributed by atoms with Crippen LogP contribution in [0.4, 0.5) is 0 Å². The van der Waals surface area contributed by atoms with E-state index in [1.54, 1.807) is 7.11 Å². The van der Waals surface area contributed by atoms with Crippen molar-refractivity contribution in [2.24, 2.45) is 0 Å². The molecule has 102 valence electrons. The first-order chi connectivity index (χ1) is 9.10. The first kappa shape index (κ1) is 14.4. The fourth-order valence-corrected chi connectivity index (χ4v) is 2.47. The van der Waals surface area contributed by atoms with E-state index in [1.165, 1.54) is 11.1 Å². The molecule has 1 N–H and O–H groups in total. The van der Waals surface area contributed by atoms with Crippen LogP contribution in [-0.4, -0.2) is 7.11 Å². The molecule has 0 amide bonds. The van der Waals surface area contributed by atoms with Gasteiger partial charge in [0.15, 0.2) is 3.77 Å². The van der Waals surface area contributed by atoms with Crippen LogP contribution >= 0.6 is 22.6 Å². The zero-order valence-corrected chi connectivity index (χ0v) is 13.5. The van der Waals surface area contributed by atoms with E-state index in [2.05, 4.69) is 53.9 Å². The molecule has 2 aromatic rings. The van der Waals surface area contributed by atoms with Crippen molar-refractivity contribution < 1.29 is 9.15 Å². The predicted molar refractivity (Wildman–Crippen MR) is 84.4 cm³/mol. The summed E-state index contributed by atoms with van der Waals surface area (Å²) in [7, 11) is 1.70. The Kier molecular flexibility index (Phi) is 4.87. The van der Waals surface area contributed by atoms with Gasteiger partial charge < -0.3 is 14.5 Å². The van der Waals surface area contributed by atoms with Crippen molar-refractivity contribution in [2.75, 3.05) is 7.11 Å². The van der Waals surface area contributed by atoms with Crippen LogP contribution in [0, 0.1) is 10.7 Å². The number of hydrogen-bond acceptors (Lipinski definition) is 3. The van der Waals surface area contributed by atoms with E-state index in [1.807, 2.05) is 18.2 Å². The molecule has 0 radical (unpaired) electrons. The highest BCUT2D eigenvalue weighted by Gasteiger charge is 2.12. The summed E-state index contributed by atoms with van der Waals surface area (Å²) in [6.07, 6.45) is 0. The Hall–Kier alpha value is -1.01. The fourth-order valence-electron chi connectivity index (χ4n) is 2.00. The maximum atomic E-state index is 5.54. The molecule has 1 heterocycles. The summed E-state index contributed by atoms with van der Waals surface area (Å²) < 4.78 is 11.9. The third-order valence-corrected chi connectivity index (χ3v) is 3.64. The van der Waals surface area contributed by atoms with E-state index in [0.29, 0.717) is 6.54 Å². The lowest BCUT2D eigenvalue weighted by Crippen LogP contribution is -2.18. The maximum absolute atomic E-state index is 5.54. The van der Waals surface area contributed by atoms with Gasteiger partial charge in [0.05, 0.1) is 13.7 Å². The standard InChI is InChI=1S/C15H18INO2/c1-10-4-6-14(18-3)13(8-10)11(2)17-9-12-5-7-15(16)19-12/h4-8,11,17H,9H2,1-3H3. The van der Waals surface area contributed by atoms with E-state index < -0.39 is 0 Å². The molecule has 0 fully saturated rings. The van der Waals surface area contributed by atoms with Gasteiger partial charge in [0, 0.05) is 11.6 Å². The van der Waals surface area contributed by atoms with Gasteiger partial charge in [-0.1, -0.05) is 17.7 Å². The number of hydrogen-bond donors (Lipinski definition) is 1. The van der Waals surface area contributed by atoms with Gasteiger partial charge in [0.25, 0.3) is 0 Å². The number of ether oxygens (including phenoxy) is 1. The fraction of sp³-hybridized carbons (Fsp3) is 0.333. The van der Waals surface area contributed by atoms with Crippen LogP contribution < -0.4 is 10.1 Å². The van der Waals surface area contributed by atoms with Crippen LogP contribution in [0.5, 0.6) is 5.75 Å². The summed E-state index contributed by atoms with van der Waals surface area (Å²) in [5, 5.41) is 3.45. The van der Waals surface area contributed by atoms with Gasteiger partial charge in [-0.2, -0.15) is 0 Å². The third-order valence-electron chi connectivity index (χ3n) is 3.06. The number of rotatable bonds is 5. The zero-order valence-electron chi connectivity index (χ0n) is 11.4. The second-order valence-electron chi connectivity index (χ2n) is 4.55. The second kappa shape index (κ2) is 6.43. The normalized spacial score (nSPS) is 12.4. The van der Waals surface area contributed by atoms with E-state index in [4.69, 9.17) is 9.15 Å². The highest BCUT2D eigenvalue weighted by atomic mass is 127. The SMILES string of the molecule is COc1ccc(C)cc1C(C)NCc1ccc(I)o1. The number of aryl methyl sites for hydroxylation is 1. The zero-order chi connectivity index (χ0) is 13.8. The molecule has 0 bridgehead atoms. The number of furan rings is 1. The largest absolute Gasteiger partial charge is 0.496 e. The van der Waals surface area contributed by atoms with Crippen LogP contribution in [0.2, 0.25) is 0 Å². The van der Waals surface area contributed by atoms with Crippen LogP contribution in [-0.2, 0) is 6.54 Å². The number of methoxy groups -OCH3 is 1. The minimum atomic E-state index is 0.206. The molecular formula is C15H18INO2. The topological polar surface area (TPSA) is 34.4 Å². The van der Waals surface area contributed by atoms with Gasteiger partial charge >= 0.3 is 0 Å². The van der Waals surface area contributed by atoms with Crippen LogP contribution in [0.15, 0.2) is 34.7 Å². The Bertz CT molecular complexity index is 551. The first-order valence-electron chi connectivity index (χ1n) is 6.22. The molecule has 2 rings (SSSR count). The highest BCUT2D eigenvalue weighted by Crippen LogP contribution is 2.26. The van der Waals surface area contributed by atoms with Crippen molar-refractivity contribution in [3.8, 4) is 5.75 Å². The lowest BCUT2D eigenvalue weighted by Gasteiger charge is -2.17. The molecule has 3 nitrogen and oxygen atoms in total. The molecule has 0 aliphatic heterocycles.